The second kappa shape index (κ2) is 7.91. The summed E-state index contributed by atoms with van der Waals surface area (Å²) >= 11 is 0. The highest BCUT2D eigenvalue weighted by Gasteiger charge is 2.15. The van der Waals surface area contributed by atoms with Crippen molar-refractivity contribution in [2.24, 2.45) is 0 Å². The lowest BCUT2D eigenvalue weighted by Crippen LogP contribution is -2.16. The van der Waals surface area contributed by atoms with Gasteiger partial charge in [0.25, 0.3) is 0 Å². The Balaban J connectivity index is 2.01. The normalized spacial score (nSPS) is 11.8. The van der Waals surface area contributed by atoms with Crippen LogP contribution < -0.4 is 0 Å². The van der Waals surface area contributed by atoms with Gasteiger partial charge in [-0.05, 0) is 55.0 Å². The molecular formula is C21H24O3. The van der Waals surface area contributed by atoms with Gasteiger partial charge in [-0.1, -0.05) is 44.2 Å². The summed E-state index contributed by atoms with van der Waals surface area (Å²) in [5, 5.41) is 0. The average Bonchev–Trinajstić information content (AvgIpc) is 2.59. The van der Waals surface area contributed by atoms with E-state index in [1.807, 2.05) is 44.2 Å². The minimum Gasteiger partial charge on any atom is -0.454 e. The maximum absolute atomic E-state index is 12.3. The summed E-state index contributed by atoms with van der Waals surface area (Å²) in [6.45, 7) is 7.81. The van der Waals surface area contributed by atoms with Gasteiger partial charge in [-0.25, -0.2) is 4.79 Å². The molecule has 0 aliphatic carbocycles. The monoisotopic (exact) mass is 324 g/mol. The van der Waals surface area contributed by atoms with E-state index < -0.39 is 5.97 Å². The van der Waals surface area contributed by atoms with Gasteiger partial charge >= 0.3 is 5.97 Å². The Labute approximate surface area is 143 Å². The lowest BCUT2D eigenvalue weighted by molar-refractivity contribution is 0.0474. The Bertz CT molecular complexity index is 709. The standard InChI is InChI=1S/C21H24O3/c1-5-14(2)17-9-11-18(12-10-17)21(23)24-13-19(22)20-15(3)7-6-8-16(20)4/h6-12,14H,5,13H2,1-4H3. The highest BCUT2D eigenvalue weighted by atomic mass is 16.5. The van der Waals surface area contributed by atoms with Crippen molar-refractivity contribution in [1.82, 2.24) is 0 Å². The molecule has 0 N–H and O–H groups in total. The summed E-state index contributed by atoms with van der Waals surface area (Å²) in [7, 11) is 0. The smallest absolute Gasteiger partial charge is 0.338 e. The third-order valence-electron chi connectivity index (χ3n) is 4.42. The fourth-order valence-corrected chi connectivity index (χ4v) is 2.72. The van der Waals surface area contributed by atoms with E-state index in [-0.39, 0.29) is 12.4 Å². The van der Waals surface area contributed by atoms with Crippen molar-refractivity contribution in [1.29, 1.82) is 0 Å². The van der Waals surface area contributed by atoms with Crippen LogP contribution in [0.15, 0.2) is 42.5 Å². The number of hydrogen-bond donors (Lipinski definition) is 0. The van der Waals surface area contributed by atoms with Crippen molar-refractivity contribution < 1.29 is 14.3 Å². The molecule has 0 aromatic heterocycles. The minimum absolute atomic E-state index is 0.171. The van der Waals surface area contributed by atoms with E-state index in [0.29, 0.717) is 17.0 Å². The van der Waals surface area contributed by atoms with Crippen LogP contribution in [0.2, 0.25) is 0 Å². The second-order valence-electron chi connectivity index (χ2n) is 6.20. The number of hydrogen-bond acceptors (Lipinski definition) is 3. The van der Waals surface area contributed by atoms with Gasteiger partial charge in [0.1, 0.15) is 0 Å². The van der Waals surface area contributed by atoms with Crippen molar-refractivity contribution in [2.75, 3.05) is 6.61 Å². The van der Waals surface area contributed by atoms with E-state index in [1.165, 1.54) is 5.56 Å². The van der Waals surface area contributed by atoms with Crippen LogP contribution in [-0.4, -0.2) is 18.4 Å². The molecule has 126 valence electrons. The number of carbonyl (C=O) groups excluding carboxylic acids is 2. The zero-order valence-electron chi connectivity index (χ0n) is 14.8. The molecule has 0 amide bonds. The molecule has 0 fully saturated rings. The summed E-state index contributed by atoms with van der Waals surface area (Å²) < 4.78 is 5.19. The maximum Gasteiger partial charge on any atom is 0.338 e. The van der Waals surface area contributed by atoms with E-state index in [9.17, 15) is 9.59 Å². The molecule has 0 saturated heterocycles. The molecule has 0 aliphatic heterocycles. The SMILES string of the molecule is CCC(C)c1ccc(C(=O)OCC(=O)c2c(C)cccc2C)cc1. The Morgan fingerprint density at radius 2 is 1.58 bits per heavy atom. The topological polar surface area (TPSA) is 43.4 Å². The zero-order chi connectivity index (χ0) is 17.7. The number of ether oxygens (including phenoxy) is 1. The fourth-order valence-electron chi connectivity index (χ4n) is 2.72. The fraction of sp³-hybridized carbons (Fsp3) is 0.333. The number of esters is 1. The highest BCUT2D eigenvalue weighted by Crippen LogP contribution is 2.19. The van der Waals surface area contributed by atoms with Gasteiger partial charge in [0.15, 0.2) is 6.61 Å². The molecule has 24 heavy (non-hydrogen) atoms. The van der Waals surface area contributed by atoms with Crippen LogP contribution >= 0.6 is 0 Å². The Morgan fingerprint density at radius 3 is 2.12 bits per heavy atom. The van der Waals surface area contributed by atoms with Crippen LogP contribution in [0.4, 0.5) is 0 Å². The Morgan fingerprint density at radius 1 is 1.00 bits per heavy atom. The third kappa shape index (κ3) is 4.10. The number of ketones is 1. The summed E-state index contributed by atoms with van der Waals surface area (Å²) in [4.78, 5) is 24.5. The maximum atomic E-state index is 12.3. The summed E-state index contributed by atoms with van der Waals surface area (Å²) in [5.41, 5.74) is 4.09. The summed E-state index contributed by atoms with van der Waals surface area (Å²) in [6.07, 6.45) is 1.05. The van der Waals surface area contributed by atoms with E-state index >= 15 is 0 Å². The first-order chi connectivity index (χ1) is 11.4. The molecule has 0 aliphatic rings. The molecule has 0 radical (unpaired) electrons. The lowest BCUT2D eigenvalue weighted by Gasteiger charge is -2.11. The van der Waals surface area contributed by atoms with Crippen molar-refractivity contribution in [3.8, 4) is 0 Å². The van der Waals surface area contributed by atoms with Gasteiger partial charge < -0.3 is 4.74 Å². The van der Waals surface area contributed by atoms with E-state index in [4.69, 9.17) is 4.74 Å². The molecule has 0 spiro atoms. The number of carbonyl (C=O) groups is 2. The molecule has 1 atom stereocenters. The van der Waals surface area contributed by atoms with Crippen molar-refractivity contribution in [3.05, 3.63) is 70.3 Å². The van der Waals surface area contributed by atoms with E-state index in [1.54, 1.807) is 12.1 Å². The molecule has 2 aromatic rings. The second-order valence-corrected chi connectivity index (χ2v) is 6.20. The number of Topliss-reactive ketones (excluding diaryl/α,β-unsaturated/α-hetero) is 1. The third-order valence-corrected chi connectivity index (χ3v) is 4.42. The zero-order valence-corrected chi connectivity index (χ0v) is 14.8. The molecule has 0 bridgehead atoms. The molecule has 0 heterocycles. The van der Waals surface area contributed by atoms with Crippen LogP contribution in [0.1, 0.15) is 63.6 Å². The Hall–Kier alpha value is -2.42. The molecule has 2 aromatic carbocycles. The van der Waals surface area contributed by atoms with Gasteiger partial charge in [-0.15, -0.1) is 0 Å². The molecule has 1 unspecified atom stereocenters. The van der Waals surface area contributed by atoms with Gasteiger partial charge in [0.05, 0.1) is 5.56 Å². The number of benzene rings is 2. The molecule has 2 rings (SSSR count). The van der Waals surface area contributed by atoms with E-state index in [0.717, 1.165) is 17.5 Å². The minimum atomic E-state index is -0.467. The van der Waals surface area contributed by atoms with Crippen LogP contribution in [0.3, 0.4) is 0 Å². The summed E-state index contributed by atoms with van der Waals surface area (Å²) in [5.74, 6) is -0.179. The van der Waals surface area contributed by atoms with Crippen molar-refractivity contribution in [3.63, 3.8) is 0 Å². The lowest BCUT2D eigenvalue weighted by atomic mass is 9.98. The van der Waals surface area contributed by atoms with Crippen LogP contribution in [0, 0.1) is 13.8 Å². The predicted octanol–water partition coefficient (Wildman–Crippen LogP) is 4.86. The van der Waals surface area contributed by atoms with Gasteiger partial charge in [-0.2, -0.15) is 0 Å². The van der Waals surface area contributed by atoms with E-state index in [2.05, 4.69) is 13.8 Å². The van der Waals surface area contributed by atoms with Gasteiger partial charge in [0, 0.05) is 5.56 Å². The molecule has 0 saturated carbocycles. The molecular weight excluding hydrogens is 300 g/mol. The highest BCUT2D eigenvalue weighted by molar-refractivity contribution is 6.01. The first kappa shape index (κ1) is 17.9. The largest absolute Gasteiger partial charge is 0.454 e. The average molecular weight is 324 g/mol. The summed E-state index contributed by atoms with van der Waals surface area (Å²) in [6, 6.07) is 13.1. The number of aryl methyl sites for hydroxylation is 2. The van der Waals surface area contributed by atoms with Crippen LogP contribution in [-0.2, 0) is 4.74 Å². The quantitative estimate of drug-likeness (QED) is 0.563. The Kier molecular flexibility index (Phi) is 5.91. The molecule has 3 nitrogen and oxygen atoms in total. The van der Waals surface area contributed by atoms with Crippen molar-refractivity contribution in [2.45, 2.75) is 40.0 Å². The van der Waals surface area contributed by atoms with Crippen LogP contribution in [0.25, 0.3) is 0 Å². The first-order valence-corrected chi connectivity index (χ1v) is 8.30. The van der Waals surface area contributed by atoms with Gasteiger partial charge in [0.2, 0.25) is 5.78 Å². The number of rotatable bonds is 6. The predicted molar refractivity (Wildman–Crippen MR) is 95.7 cm³/mol. The molecule has 3 heteroatoms. The first-order valence-electron chi connectivity index (χ1n) is 8.30. The van der Waals surface area contributed by atoms with Crippen LogP contribution in [0.5, 0.6) is 0 Å². The van der Waals surface area contributed by atoms with Gasteiger partial charge in [-0.3, -0.25) is 4.79 Å². The van der Waals surface area contributed by atoms with Crippen molar-refractivity contribution >= 4 is 11.8 Å².